The Kier molecular flexibility index (Phi) is 2.46. The molecule has 0 unspecified atom stereocenters. The molecular weight excluding hydrogens is 204 g/mol. The molecule has 4 nitrogen and oxygen atoms in total. The highest BCUT2D eigenvalue weighted by molar-refractivity contribution is 6.32. The molecule has 2 rings (SSSR count). The number of aromatic amines is 1. The molecule has 1 saturated carbocycles. The van der Waals surface area contributed by atoms with E-state index in [9.17, 15) is 4.79 Å². The molecule has 0 saturated heterocycles. The van der Waals surface area contributed by atoms with Gasteiger partial charge in [-0.05, 0) is 19.8 Å². The maximum absolute atomic E-state index is 11.5. The zero-order chi connectivity index (χ0) is 10.1. The van der Waals surface area contributed by atoms with Gasteiger partial charge in [0.25, 0.3) is 0 Å². The van der Waals surface area contributed by atoms with Crippen LogP contribution in [0.3, 0.4) is 0 Å². The van der Waals surface area contributed by atoms with Crippen molar-refractivity contribution < 1.29 is 9.53 Å². The Morgan fingerprint density at radius 3 is 3.00 bits per heavy atom. The maximum Gasteiger partial charge on any atom is 0.343 e. The van der Waals surface area contributed by atoms with Gasteiger partial charge in [-0.15, -0.1) is 0 Å². The van der Waals surface area contributed by atoms with Crippen molar-refractivity contribution >= 4 is 17.6 Å². The van der Waals surface area contributed by atoms with Crippen LogP contribution in [0.4, 0.5) is 0 Å². The minimum absolute atomic E-state index is 0.213. The van der Waals surface area contributed by atoms with Crippen LogP contribution in [-0.2, 0) is 4.74 Å². The number of nitrogens with one attached hydrogen (secondary N) is 1. The van der Waals surface area contributed by atoms with Crippen molar-refractivity contribution in [2.45, 2.75) is 25.7 Å². The highest BCUT2D eigenvalue weighted by Gasteiger charge is 2.32. The Labute approximate surface area is 86.6 Å². The van der Waals surface area contributed by atoms with Crippen LogP contribution < -0.4 is 0 Å². The Morgan fingerprint density at radius 2 is 2.43 bits per heavy atom. The molecule has 14 heavy (non-hydrogen) atoms. The molecule has 1 aliphatic carbocycles. The monoisotopic (exact) mass is 214 g/mol. The molecule has 5 heteroatoms. The Bertz CT molecular complexity index is 358. The molecule has 1 heterocycles. The van der Waals surface area contributed by atoms with Crippen LogP contribution in [0.5, 0.6) is 0 Å². The zero-order valence-corrected chi connectivity index (χ0v) is 8.60. The van der Waals surface area contributed by atoms with Crippen molar-refractivity contribution in [3.8, 4) is 0 Å². The van der Waals surface area contributed by atoms with Crippen LogP contribution in [0.2, 0.25) is 5.15 Å². The van der Waals surface area contributed by atoms with E-state index in [4.69, 9.17) is 16.3 Å². The van der Waals surface area contributed by atoms with Crippen molar-refractivity contribution in [1.82, 2.24) is 10.2 Å². The first-order valence-electron chi connectivity index (χ1n) is 4.65. The van der Waals surface area contributed by atoms with Crippen molar-refractivity contribution in [3.05, 3.63) is 16.4 Å². The smallest absolute Gasteiger partial charge is 0.343 e. The molecule has 1 N–H and O–H groups in total. The number of ether oxygens (including phenoxy) is 1. The summed E-state index contributed by atoms with van der Waals surface area (Å²) in [5.74, 6) is 0.0301. The molecule has 0 amide bonds. The zero-order valence-electron chi connectivity index (χ0n) is 7.84. The van der Waals surface area contributed by atoms with E-state index in [1.807, 2.05) is 0 Å². The lowest BCUT2D eigenvalue weighted by molar-refractivity contribution is 0.0525. The lowest BCUT2D eigenvalue weighted by atomic mass is 10.2. The highest BCUT2D eigenvalue weighted by Crippen LogP contribution is 2.42. The molecule has 1 aromatic heterocycles. The maximum atomic E-state index is 11.5. The van der Waals surface area contributed by atoms with Crippen molar-refractivity contribution in [1.29, 1.82) is 0 Å². The van der Waals surface area contributed by atoms with Crippen LogP contribution in [0.15, 0.2) is 0 Å². The van der Waals surface area contributed by atoms with Crippen molar-refractivity contribution in [2.24, 2.45) is 0 Å². The van der Waals surface area contributed by atoms with E-state index in [0.717, 1.165) is 18.5 Å². The summed E-state index contributed by atoms with van der Waals surface area (Å²) in [7, 11) is 0. The second kappa shape index (κ2) is 3.61. The first-order valence-corrected chi connectivity index (χ1v) is 5.02. The van der Waals surface area contributed by atoms with E-state index in [-0.39, 0.29) is 11.1 Å². The van der Waals surface area contributed by atoms with Gasteiger partial charge in [-0.2, -0.15) is 5.10 Å². The largest absolute Gasteiger partial charge is 0.462 e. The normalized spacial score (nSPS) is 15.6. The topological polar surface area (TPSA) is 55.0 Å². The van der Waals surface area contributed by atoms with E-state index in [2.05, 4.69) is 10.2 Å². The summed E-state index contributed by atoms with van der Waals surface area (Å²) in [6.07, 6.45) is 2.18. The fourth-order valence-corrected chi connectivity index (χ4v) is 1.62. The summed E-state index contributed by atoms with van der Waals surface area (Å²) in [6, 6.07) is 0. The van der Waals surface area contributed by atoms with E-state index in [1.54, 1.807) is 6.92 Å². The minimum atomic E-state index is -0.381. The molecule has 1 aromatic rings. The van der Waals surface area contributed by atoms with E-state index in [0.29, 0.717) is 18.1 Å². The molecule has 1 aliphatic rings. The van der Waals surface area contributed by atoms with Crippen LogP contribution in [0.1, 0.15) is 41.7 Å². The number of hydrogen-bond acceptors (Lipinski definition) is 3. The fraction of sp³-hybridized carbons (Fsp3) is 0.556. The molecular formula is C9H11ClN2O2. The Hall–Kier alpha value is -1.03. The summed E-state index contributed by atoms with van der Waals surface area (Å²) in [6.45, 7) is 2.12. The highest BCUT2D eigenvalue weighted by atomic mass is 35.5. The molecule has 0 bridgehead atoms. The third-order valence-corrected chi connectivity index (χ3v) is 2.49. The fourth-order valence-electron chi connectivity index (χ4n) is 1.40. The number of esters is 1. The lowest BCUT2D eigenvalue weighted by Crippen LogP contribution is -2.06. The van der Waals surface area contributed by atoms with Crippen molar-refractivity contribution in [2.75, 3.05) is 6.61 Å². The minimum Gasteiger partial charge on any atom is -0.462 e. The SMILES string of the molecule is CCOC(=O)c1c(Cl)n[nH]c1C1CC1. The molecule has 0 spiro atoms. The van der Waals surface area contributed by atoms with Crippen LogP contribution in [-0.4, -0.2) is 22.8 Å². The molecule has 0 radical (unpaired) electrons. The van der Waals surface area contributed by atoms with E-state index >= 15 is 0 Å². The van der Waals surface area contributed by atoms with Crippen LogP contribution in [0.25, 0.3) is 0 Å². The van der Waals surface area contributed by atoms with Crippen LogP contribution in [0, 0.1) is 0 Å². The van der Waals surface area contributed by atoms with E-state index < -0.39 is 0 Å². The Morgan fingerprint density at radius 1 is 1.71 bits per heavy atom. The molecule has 1 fully saturated rings. The quantitative estimate of drug-likeness (QED) is 0.785. The first kappa shape index (κ1) is 9.52. The second-order valence-electron chi connectivity index (χ2n) is 3.30. The lowest BCUT2D eigenvalue weighted by Gasteiger charge is -2.01. The number of nitrogens with zero attached hydrogens (tertiary/aromatic N) is 1. The average molecular weight is 215 g/mol. The number of hydrogen-bond donors (Lipinski definition) is 1. The molecule has 0 aliphatic heterocycles. The second-order valence-corrected chi connectivity index (χ2v) is 3.66. The van der Waals surface area contributed by atoms with Gasteiger partial charge >= 0.3 is 5.97 Å². The van der Waals surface area contributed by atoms with Gasteiger partial charge in [-0.1, -0.05) is 11.6 Å². The van der Waals surface area contributed by atoms with E-state index in [1.165, 1.54) is 0 Å². The number of carbonyl (C=O) groups is 1. The van der Waals surface area contributed by atoms with Gasteiger partial charge in [0, 0.05) is 5.92 Å². The summed E-state index contributed by atoms with van der Waals surface area (Å²) >= 11 is 5.80. The molecule has 76 valence electrons. The first-order chi connectivity index (χ1) is 6.74. The van der Waals surface area contributed by atoms with Gasteiger partial charge in [0.1, 0.15) is 5.56 Å². The summed E-state index contributed by atoms with van der Waals surface area (Å²) in [4.78, 5) is 11.5. The van der Waals surface area contributed by atoms with Gasteiger partial charge in [0.15, 0.2) is 5.15 Å². The van der Waals surface area contributed by atoms with Crippen molar-refractivity contribution in [3.63, 3.8) is 0 Å². The number of carbonyl (C=O) groups excluding carboxylic acids is 1. The summed E-state index contributed by atoms with van der Waals surface area (Å²) < 4.78 is 4.90. The third-order valence-electron chi connectivity index (χ3n) is 2.22. The number of halogens is 1. The summed E-state index contributed by atoms with van der Waals surface area (Å²) in [5, 5.41) is 6.83. The predicted molar refractivity (Wildman–Crippen MR) is 51.5 cm³/mol. The van der Waals surface area contributed by atoms with Gasteiger partial charge in [-0.25, -0.2) is 4.79 Å². The third kappa shape index (κ3) is 1.62. The summed E-state index contributed by atoms with van der Waals surface area (Å²) in [5.41, 5.74) is 1.24. The predicted octanol–water partition coefficient (Wildman–Crippen LogP) is 2.12. The van der Waals surface area contributed by atoms with Crippen LogP contribution >= 0.6 is 11.6 Å². The standard InChI is InChI=1S/C9H11ClN2O2/c1-2-14-9(13)6-7(5-3-4-5)11-12-8(6)10/h5H,2-4H2,1H3,(H,11,12). The molecule has 0 aromatic carbocycles. The van der Waals surface area contributed by atoms with Gasteiger partial charge in [0.05, 0.1) is 12.3 Å². The average Bonchev–Trinajstić information content (AvgIpc) is 2.90. The number of H-pyrrole nitrogens is 1. The number of rotatable bonds is 3. The van der Waals surface area contributed by atoms with Gasteiger partial charge in [0.2, 0.25) is 0 Å². The van der Waals surface area contributed by atoms with Gasteiger partial charge in [-0.3, -0.25) is 5.10 Å². The van der Waals surface area contributed by atoms with Gasteiger partial charge < -0.3 is 4.74 Å². The Balaban J connectivity index is 2.29. The number of aromatic nitrogens is 2. The molecule has 0 atom stereocenters.